The molecule has 0 saturated carbocycles. The van der Waals surface area contributed by atoms with Gasteiger partial charge in [0.25, 0.3) is 0 Å². The van der Waals surface area contributed by atoms with Crippen LogP contribution in [0.15, 0.2) is 62.4 Å². The molecule has 0 fully saturated rings. The molecule has 2 heterocycles. The molecule has 0 aliphatic carbocycles. The van der Waals surface area contributed by atoms with Crippen LogP contribution in [0.3, 0.4) is 0 Å². The first-order valence-electron chi connectivity index (χ1n) is 9.31. The highest BCUT2D eigenvalue weighted by molar-refractivity contribution is 7.08. The Bertz CT molecular complexity index is 1310. The predicted octanol–water partition coefficient (Wildman–Crippen LogP) is 4.33. The number of ether oxygens (including phenoxy) is 1. The van der Waals surface area contributed by atoms with Crippen LogP contribution in [0.4, 0.5) is 0 Å². The first-order valence-corrected chi connectivity index (χ1v) is 10.3. The van der Waals surface area contributed by atoms with Gasteiger partial charge in [-0.15, -0.1) is 0 Å². The number of carbonyl (C=O) groups is 1. The summed E-state index contributed by atoms with van der Waals surface area (Å²) in [6.45, 7) is 0. The fourth-order valence-corrected chi connectivity index (χ4v) is 4.27. The molecule has 158 valence electrons. The molecule has 1 atom stereocenters. The number of methoxy groups -OCH3 is 1. The number of aromatic hydroxyl groups is 3. The summed E-state index contributed by atoms with van der Waals surface area (Å²) in [5.74, 6) is -3.44. The van der Waals surface area contributed by atoms with Gasteiger partial charge in [0.15, 0.2) is 16.9 Å². The molecule has 2 aromatic carbocycles. The summed E-state index contributed by atoms with van der Waals surface area (Å²) in [6.07, 6.45) is -0.181. The van der Waals surface area contributed by atoms with Gasteiger partial charge in [0.2, 0.25) is 5.75 Å². The zero-order chi connectivity index (χ0) is 22.1. The average Bonchev–Trinajstić information content (AvgIpc) is 3.31. The Morgan fingerprint density at radius 3 is 2.48 bits per heavy atom. The van der Waals surface area contributed by atoms with E-state index in [0.717, 1.165) is 0 Å². The van der Waals surface area contributed by atoms with Gasteiger partial charge in [-0.2, -0.15) is 11.3 Å². The fraction of sp³-hybridized carbons (Fsp3) is 0.130. The zero-order valence-corrected chi connectivity index (χ0v) is 17.2. The number of rotatable bonds is 5. The molecule has 8 heteroatoms. The number of phenols is 3. The van der Waals surface area contributed by atoms with Crippen LogP contribution >= 0.6 is 11.3 Å². The van der Waals surface area contributed by atoms with Crippen molar-refractivity contribution in [3.05, 3.63) is 74.6 Å². The molecule has 2 aromatic heterocycles. The SMILES string of the molecule is COC(=O)C[C@@H](c1ccsc1)c1c(O)c(O)c(O)c2c(=O)cc(-c3ccccc3)oc12. The molecular formula is C23H18O7S. The Morgan fingerprint density at radius 1 is 1.10 bits per heavy atom. The number of benzene rings is 2. The Morgan fingerprint density at radius 2 is 1.84 bits per heavy atom. The van der Waals surface area contributed by atoms with Crippen molar-refractivity contribution in [2.75, 3.05) is 7.11 Å². The summed E-state index contributed by atoms with van der Waals surface area (Å²) in [7, 11) is 1.24. The molecule has 4 aromatic rings. The number of fused-ring (bicyclic) bond motifs is 1. The van der Waals surface area contributed by atoms with Gasteiger partial charge in [0, 0.05) is 23.1 Å². The summed E-state index contributed by atoms with van der Waals surface area (Å²) in [6, 6.07) is 11.8. The van der Waals surface area contributed by atoms with Gasteiger partial charge < -0.3 is 24.5 Å². The Labute approximate surface area is 180 Å². The summed E-state index contributed by atoms with van der Waals surface area (Å²) in [4.78, 5) is 25.0. The van der Waals surface area contributed by atoms with Gasteiger partial charge >= 0.3 is 5.97 Å². The second-order valence-corrected chi connectivity index (χ2v) is 7.67. The maximum Gasteiger partial charge on any atom is 0.306 e. The second kappa shape index (κ2) is 8.16. The van der Waals surface area contributed by atoms with E-state index in [-0.39, 0.29) is 28.7 Å². The van der Waals surface area contributed by atoms with Crippen molar-refractivity contribution in [2.45, 2.75) is 12.3 Å². The minimum absolute atomic E-state index is 0.0176. The number of carbonyl (C=O) groups excluding carboxylic acids is 1. The first kappa shape index (κ1) is 20.5. The summed E-state index contributed by atoms with van der Waals surface area (Å²) < 4.78 is 10.8. The molecule has 7 nitrogen and oxygen atoms in total. The van der Waals surface area contributed by atoms with Crippen molar-refractivity contribution < 1.29 is 29.3 Å². The highest BCUT2D eigenvalue weighted by atomic mass is 32.1. The van der Waals surface area contributed by atoms with E-state index in [2.05, 4.69) is 0 Å². The van der Waals surface area contributed by atoms with Crippen LogP contribution in [-0.4, -0.2) is 28.4 Å². The third-order valence-corrected chi connectivity index (χ3v) is 5.79. The van der Waals surface area contributed by atoms with Crippen LogP contribution in [0.5, 0.6) is 17.2 Å². The third kappa shape index (κ3) is 3.62. The molecule has 0 spiro atoms. The van der Waals surface area contributed by atoms with E-state index < -0.39 is 34.6 Å². The Hall–Kier alpha value is -3.78. The molecule has 4 rings (SSSR count). The molecule has 3 N–H and O–H groups in total. The molecular weight excluding hydrogens is 420 g/mol. The molecule has 0 aliphatic rings. The molecule has 0 saturated heterocycles. The summed E-state index contributed by atoms with van der Waals surface area (Å²) >= 11 is 1.38. The zero-order valence-electron chi connectivity index (χ0n) is 16.4. The summed E-state index contributed by atoms with van der Waals surface area (Å²) in [5, 5.41) is 34.8. The van der Waals surface area contributed by atoms with Crippen molar-refractivity contribution in [1.82, 2.24) is 0 Å². The monoisotopic (exact) mass is 438 g/mol. The number of hydrogen-bond acceptors (Lipinski definition) is 8. The van der Waals surface area contributed by atoms with Crippen molar-refractivity contribution in [1.29, 1.82) is 0 Å². The standard InChI is InChI=1S/C23H18O7S/c1-29-17(25)9-14(13-7-8-31-11-13)18-20(26)22(28)21(27)19-15(24)10-16(30-23(18)19)12-5-3-2-4-6-12/h2-8,10-11,14,26-28H,9H2,1H3/t14-/m0/s1. The van der Waals surface area contributed by atoms with Crippen molar-refractivity contribution >= 4 is 28.3 Å². The van der Waals surface area contributed by atoms with Gasteiger partial charge in [0.05, 0.1) is 13.5 Å². The third-order valence-electron chi connectivity index (χ3n) is 5.08. The van der Waals surface area contributed by atoms with Crippen molar-refractivity contribution in [3.63, 3.8) is 0 Å². The van der Waals surface area contributed by atoms with E-state index >= 15 is 0 Å². The highest BCUT2D eigenvalue weighted by Gasteiger charge is 2.31. The van der Waals surface area contributed by atoms with Crippen LogP contribution in [0.1, 0.15) is 23.5 Å². The molecule has 31 heavy (non-hydrogen) atoms. The van der Waals surface area contributed by atoms with Gasteiger partial charge in [-0.05, 0) is 22.4 Å². The van der Waals surface area contributed by atoms with Crippen molar-refractivity contribution in [2.24, 2.45) is 0 Å². The number of esters is 1. The fourth-order valence-electron chi connectivity index (χ4n) is 3.55. The highest BCUT2D eigenvalue weighted by Crippen LogP contribution is 2.49. The number of phenolic OH excluding ortho intramolecular Hbond substituents is 3. The van der Waals surface area contributed by atoms with E-state index in [4.69, 9.17) is 9.15 Å². The quantitative estimate of drug-likeness (QED) is 0.313. The second-order valence-electron chi connectivity index (χ2n) is 6.89. The minimum atomic E-state index is -0.854. The van der Waals surface area contributed by atoms with Crippen LogP contribution in [0.2, 0.25) is 0 Å². The van der Waals surface area contributed by atoms with Gasteiger partial charge in [-0.3, -0.25) is 9.59 Å². The molecule has 0 amide bonds. The lowest BCUT2D eigenvalue weighted by atomic mass is 9.87. The topological polar surface area (TPSA) is 117 Å². The largest absolute Gasteiger partial charge is 0.504 e. The lowest BCUT2D eigenvalue weighted by Gasteiger charge is -2.20. The van der Waals surface area contributed by atoms with E-state index in [0.29, 0.717) is 11.1 Å². The van der Waals surface area contributed by atoms with Crippen LogP contribution in [0.25, 0.3) is 22.3 Å². The van der Waals surface area contributed by atoms with Gasteiger partial charge in [0.1, 0.15) is 16.7 Å². The van der Waals surface area contributed by atoms with Crippen LogP contribution in [-0.2, 0) is 9.53 Å². The number of thiophene rings is 1. The van der Waals surface area contributed by atoms with E-state index in [1.165, 1.54) is 24.5 Å². The van der Waals surface area contributed by atoms with Crippen LogP contribution < -0.4 is 5.43 Å². The van der Waals surface area contributed by atoms with Crippen LogP contribution in [0, 0.1) is 0 Å². The summed E-state index contributed by atoms with van der Waals surface area (Å²) in [5.41, 5.74) is 0.573. The maximum absolute atomic E-state index is 12.9. The van der Waals surface area contributed by atoms with E-state index in [1.807, 2.05) is 6.07 Å². The first-order chi connectivity index (χ1) is 14.9. The molecule has 0 aliphatic heterocycles. The van der Waals surface area contributed by atoms with E-state index in [1.54, 1.807) is 41.1 Å². The van der Waals surface area contributed by atoms with Crippen molar-refractivity contribution in [3.8, 4) is 28.6 Å². The van der Waals surface area contributed by atoms with Gasteiger partial charge in [-0.25, -0.2) is 0 Å². The molecule has 0 radical (unpaired) electrons. The predicted molar refractivity (Wildman–Crippen MR) is 116 cm³/mol. The Balaban J connectivity index is 2.08. The smallest absolute Gasteiger partial charge is 0.306 e. The molecule has 0 bridgehead atoms. The lowest BCUT2D eigenvalue weighted by Crippen LogP contribution is -2.12. The van der Waals surface area contributed by atoms with E-state index in [9.17, 15) is 24.9 Å². The number of hydrogen-bond donors (Lipinski definition) is 3. The van der Waals surface area contributed by atoms with Gasteiger partial charge in [-0.1, -0.05) is 30.3 Å². The maximum atomic E-state index is 12.9. The normalized spacial score (nSPS) is 12.0. The molecule has 0 unspecified atom stereocenters. The average molecular weight is 438 g/mol. The minimum Gasteiger partial charge on any atom is -0.504 e. The lowest BCUT2D eigenvalue weighted by molar-refractivity contribution is -0.140. The Kier molecular flexibility index (Phi) is 5.39.